The van der Waals surface area contributed by atoms with Crippen LogP contribution in [0, 0.1) is 11.8 Å². The first kappa shape index (κ1) is 52.7. The van der Waals surface area contributed by atoms with E-state index in [1.165, 1.54) is 276 Å². The standard InChI is InChI=1S/C52H105N/c1-7-12-16-20-26-34-41-51(40-32-18-14-9-3)42-35-28-22-23-29-37-48-53(47-11-5)49-38-30-24-25-31-39-50(6)45-46-52(43-33-19-15-10-4)44-36-27-21-17-13-8-2/h51-52H,6-49H2,1-5H3. The zero-order valence-electron chi connectivity index (χ0n) is 38.2. The molecule has 0 rings (SSSR count). The van der Waals surface area contributed by atoms with Gasteiger partial charge in [-0.1, -0.05) is 259 Å². The largest absolute Gasteiger partial charge is 0.303 e. The van der Waals surface area contributed by atoms with Crippen molar-refractivity contribution in [3.63, 3.8) is 0 Å². The van der Waals surface area contributed by atoms with Crippen LogP contribution in [-0.2, 0) is 0 Å². The molecule has 0 aromatic rings. The van der Waals surface area contributed by atoms with Gasteiger partial charge in [-0.05, 0) is 76.4 Å². The van der Waals surface area contributed by atoms with E-state index in [-0.39, 0.29) is 0 Å². The smallest absolute Gasteiger partial charge is 0.00187 e. The van der Waals surface area contributed by atoms with Crippen molar-refractivity contribution in [2.24, 2.45) is 11.8 Å². The molecule has 53 heavy (non-hydrogen) atoms. The predicted molar refractivity (Wildman–Crippen MR) is 246 cm³/mol. The molecule has 1 nitrogen and oxygen atoms in total. The van der Waals surface area contributed by atoms with E-state index in [4.69, 9.17) is 0 Å². The quantitative estimate of drug-likeness (QED) is 0.0443. The number of hydrogen-bond acceptors (Lipinski definition) is 1. The Kier molecular flexibility index (Phi) is 44.2. The van der Waals surface area contributed by atoms with Crippen LogP contribution in [0.15, 0.2) is 12.2 Å². The minimum atomic E-state index is 0.952. The third-order valence-electron chi connectivity index (χ3n) is 12.7. The van der Waals surface area contributed by atoms with E-state index >= 15 is 0 Å². The van der Waals surface area contributed by atoms with Gasteiger partial charge in [0.1, 0.15) is 0 Å². The molecule has 0 amide bonds. The van der Waals surface area contributed by atoms with Gasteiger partial charge in [-0.25, -0.2) is 0 Å². The molecule has 0 spiro atoms. The Morgan fingerprint density at radius 1 is 0.302 bits per heavy atom. The van der Waals surface area contributed by atoms with Crippen LogP contribution in [0.2, 0.25) is 0 Å². The lowest BCUT2D eigenvalue weighted by Gasteiger charge is -2.21. The highest BCUT2D eigenvalue weighted by Gasteiger charge is 2.11. The van der Waals surface area contributed by atoms with Gasteiger partial charge in [0.05, 0.1) is 0 Å². The third kappa shape index (κ3) is 39.7. The predicted octanol–water partition coefficient (Wildman–Crippen LogP) is 18.8. The summed E-state index contributed by atoms with van der Waals surface area (Å²) >= 11 is 0. The van der Waals surface area contributed by atoms with E-state index in [1.807, 2.05) is 0 Å². The maximum atomic E-state index is 4.53. The lowest BCUT2D eigenvalue weighted by Crippen LogP contribution is -2.27. The van der Waals surface area contributed by atoms with Crippen LogP contribution in [-0.4, -0.2) is 24.5 Å². The van der Waals surface area contributed by atoms with Crippen LogP contribution >= 0.6 is 0 Å². The fraction of sp³-hybridized carbons (Fsp3) is 0.962. The number of rotatable bonds is 46. The number of allylic oxidation sites excluding steroid dienone is 1. The summed E-state index contributed by atoms with van der Waals surface area (Å²) in [4.78, 5) is 2.79. The molecule has 0 N–H and O–H groups in total. The van der Waals surface area contributed by atoms with Gasteiger partial charge in [0.25, 0.3) is 0 Å². The lowest BCUT2D eigenvalue weighted by atomic mass is 9.88. The highest BCUT2D eigenvalue weighted by atomic mass is 15.1. The second kappa shape index (κ2) is 44.4. The van der Waals surface area contributed by atoms with E-state index in [9.17, 15) is 0 Å². The topological polar surface area (TPSA) is 3.24 Å². The monoisotopic (exact) mass is 744 g/mol. The molecule has 0 aromatic heterocycles. The molecule has 318 valence electrons. The van der Waals surface area contributed by atoms with Crippen molar-refractivity contribution >= 4 is 0 Å². The van der Waals surface area contributed by atoms with Crippen molar-refractivity contribution in [3.05, 3.63) is 12.2 Å². The highest BCUT2D eigenvalue weighted by Crippen LogP contribution is 2.27. The molecule has 0 aliphatic rings. The van der Waals surface area contributed by atoms with E-state index in [0.717, 1.165) is 11.8 Å². The van der Waals surface area contributed by atoms with Crippen molar-refractivity contribution in [1.29, 1.82) is 0 Å². The molecule has 0 aliphatic carbocycles. The van der Waals surface area contributed by atoms with Crippen molar-refractivity contribution < 1.29 is 0 Å². The van der Waals surface area contributed by atoms with Gasteiger partial charge < -0.3 is 4.90 Å². The Labute approximate surface area is 338 Å². The van der Waals surface area contributed by atoms with Crippen molar-refractivity contribution in [2.75, 3.05) is 19.6 Å². The summed E-state index contributed by atoms with van der Waals surface area (Å²) in [6.45, 7) is 20.2. The molecule has 2 unspecified atom stereocenters. The van der Waals surface area contributed by atoms with Gasteiger partial charge in [-0.2, -0.15) is 0 Å². The number of hydrogen-bond donors (Lipinski definition) is 0. The molecule has 1 heteroatoms. The first-order valence-electron chi connectivity index (χ1n) is 25.5. The number of unbranched alkanes of at least 4 members (excludes halogenated alkanes) is 25. The van der Waals surface area contributed by atoms with Crippen LogP contribution in [0.25, 0.3) is 0 Å². The summed E-state index contributed by atoms with van der Waals surface area (Å²) in [6.07, 6.45) is 57.3. The fourth-order valence-electron chi connectivity index (χ4n) is 8.91. The van der Waals surface area contributed by atoms with Gasteiger partial charge in [-0.3, -0.25) is 0 Å². The summed E-state index contributed by atoms with van der Waals surface area (Å²) in [5.74, 6) is 1.97. The summed E-state index contributed by atoms with van der Waals surface area (Å²) in [5.41, 5.74) is 1.55. The molecule has 0 aliphatic heterocycles. The van der Waals surface area contributed by atoms with Crippen molar-refractivity contribution in [1.82, 2.24) is 4.90 Å². The van der Waals surface area contributed by atoms with Gasteiger partial charge in [0, 0.05) is 0 Å². The van der Waals surface area contributed by atoms with Crippen LogP contribution in [0.3, 0.4) is 0 Å². The molecular formula is C52H105N. The Bertz CT molecular complexity index is 683. The SMILES string of the molecule is C=C(CCCCCCCN(CCC)CCCCCCCCC(CCCCCC)CCCCCCCC)CCC(CCCCCC)CCCCCCCC. The molecule has 0 fully saturated rings. The second-order valence-corrected chi connectivity index (χ2v) is 18.1. The Morgan fingerprint density at radius 3 is 0.981 bits per heavy atom. The summed E-state index contributed by atoms with van der Waals surface area (Å²) in [6, 6.07) is 0. The minimum absolute atomic E-state index is 0.952. The third-order valence-corrected chi connectivity index (χ3v) is 12.7. The average molecular weight is 744 g/mol. The molecule has 0 bridgehead atoms. The zero-order valence-corrected chi connectivity index (χ0v) is 38.2. The van der Waals surface area contributed by atoms with Crippen LogP contribution < -0.4 is 0 Å². The van der Waals surface area contributed by atoms with E-state index in [1.54, 1.807) is 5.57 Å². The molecule has 0 radical (unpaired) electrons. The average Bonchev–Trinajstić information content (AvgIpc) is 3.16. The van der Waals surface area contributed by atoms with Gasteiger partial charge in [-0.15, -0.1) is 0 Å². The first-order valence-corrected chi connectivity index (χ1v) is 25.5. The maximum Gasteiger partial charge on any atom is -0.00187 e. The van der Waals surface area contributed by atoms with Gasteiger partial charge >= 0.3 is 0 Å². The minimum Gasteiger partial charge on any atom is -0.303 e. The van der Waals surface area contributed by atoms with Gasteiger partial charge in [0.15, 0.2) is 0 Å². The number of nitrogens with zero attached hydrogens (tertiary/aromatic N) is 1. The fourth-order valence-corrected chi connectivity index (χ4v) is 8.91. The molecule has 0 saturated carbocycles. The van der Waals surface area contributed by atoms with Gasteiger partial charge in [0.2, 0.25) is 0 Å². The zero-order chi connectivity index (χ0) is 38.7. The lowest BCUT2D eigenvalue weighted by molar-refractivity contribution is 0.260. The maximum absolute atomic E-state index is 4.53. The molecular weight excluding hydrogens is 639 g/mol. The summed E-state index contributed by atoms with van der Waals surface area (Å²) < 4.78 is 0. The normalized spacial score (nSPS) is 12.9. The summed E-state index contributed by atoms with van der Waals surface area (Å²) in [7, 11) is 0. The van der Waals surface area contributed by atoms with Crippen LogP contribution in [0.1, 0.15) is 291 Å². The molecule has 0 heterocycles. The Morgan fingerprint density at radius 2 is 0.604 bits per heavy atom. The molecule has 0 aromatic carbocycles. The molecule has 2 atom stereocenters. The summed E-state index contributed by atoms with van der Waals surface area (Å²) in [5, 5.41) is 0. The van der Waals surface area contributed by atoms with E-state index in [0.29, 0.717) is 0 Å². The second-order valence-electron chi connectivity index (χ2n) is 18.1. The van der Waals surface area contributed by atoms with Crippen LogP contribution in [0.4, 0.5) is 0 Å². The first-order chi connectivity index (χ1) is 26.1. The van der Waals surface area contributed by atoms with Crippen molar-refractivity contribution in [3.8, 4) is 0 Å². The molecule has 0 saturated heterocycles. The van der Waals surface area contributed by atoms with Crippen molar-refractivity contribution in [2.45, 2.75) is 291 Å². The highest BCUT2D eigenvalue weighted by molar-refractivity contribution is 4.94. The Hall–Kier alpha value is -0.300. The van der Waals surface area contributed by atoms with E-state index < -0.39 is 0 Å². The van der Waals surface area contributed by atoms with E-state index in [2.05, 4.69) is 46.1 Å². The Balaban J connectivity index is 4.04. The van der Waals surface area contributed by atoms with Crippen LogP contribution in [0.5, 0.6) is 0 Å².